The molecule has 0 aliphatic carbocycles. The lowest BCUT2D eigenvalue weighted by Crippen LogP contribution is -2.16. The first-order valence-electron chi connectivity index (χ1n) is 6.31. The minimum absolute atomic E-state index is 0.330. The number of rotatable bonds is 2. The summed E-state index contributed by atoms with van der Waals surface area (Å²) in [6.07, 6.45) is 3.75. The van der Waals surface area contributed by atoms with Gasteiger partial charge in [-0.15, -0.1) is 10.2 Å². The van der Waals surface area contributed by atoms with Crippen LogP contribution in [0.25, 0.3) is 5.65 Å². The lowest BCUT2D eigenvalue weighted by molar-refractivity contribution is 0.0602. The SMILES string of the molecule is COC(=O)c1cccn2c(C3CCOCC3)nnc12. The summed E-state index contributed by atoms with van der Waals surface area (Å²) >= 11 is 0. The maximum atomic E-state index is 11.7. The van der Waals surface area contributed by atoms with Crippen LogP contribution in [0.2, 0.25) is 0 Å². The predicted octanol–water partition coefficient (Wildman–Crippen LogP) is 1.41. The molecule has 0 aromatic carbocycles. The van der Waals surface area contributed by atoms with Crippen molar-refractivity contribution in [1.82, 2.24) is 14.6 Å². The van der Waals surface area contributed by atoms with Crippen LogP contribution < -0.4 is 0 Å². The number of carbonyl (C=O) groups excluding carboxylic acids is 1. The summed E-state index contributed by atoms with van der Waals surface area (Å²) in [7, 11) is 1.36. The molecule has 2 aromatic rings. The molecule has 0 radical (unpaired) electrons. The lowest BCUT2D eigenvalue weighted by Gasteiger charge is -2.20. The largest absolute Gasteiger partial charge is 0.465 e. The molecule has 3 heterocycles. The summed E-state index contributed by atoms with van der Waals surface area (Å²) in [5.41, 5.74) is 0.992. The Balaban J connectivity index is 2.05. The van der Waals surface area contributed by atoms with E-state index in [1.807, 2.05) is 16.7 Å². The summed E-state index contributed by atoms with van der Waals surface area (Å²) in [6.45, 7) is 1.49. The molecule has 1 aliphatic heterocycles. The zero-order chi connectivity index (χ0) is 13.2. The fourth-order valence-corrected chi connectivity index (χ4v) is 2.44. The first-order valence-corrected chi connectivity index (χ1v) is 6.31. The molecule has 1 fully saturated rings. The van der Waals surface area contributed by atoms with Crippen molar-refractivity contribution in [1.29, 1.82) is 0 Å². The Bertz CT molecular complexity index is 602. The fourth-order valence-electron chi connectivity index (χ4n) is 2.44. The third-order valence-electron chi connectivity index (χ3n) is 3.45. The zero-order valence-corrected chi connectivity index (χ0v) is 10.7. The summed E-state index contributed by atoms with van der Waals surface area (Å²) < 4.78 is 12.0. The van der Waals surface area contributed by atoms with Crippen molar-refractivity contribution < 1.29 is 14.3 Å². The molecule has 0 N–H and O–H groups in total. The van der Waals surface area contributed by atoms with Gasteiger partial charge >= 0.3 is 5.97 Å². The topological polar surface area (TPSA) is 65.7 Å². The van der Waals surface area contributed by atoms with Gasteiger partial charge in [0.1, 0.15) is 11.4 Å². The number of fused-ring (bicyclic) bond motifs is 1. The summed E-state index contributed by atoms with van der Waals surface area (Å²) in [5, 5.41) is 8.38. The van der Waals surface area contributed by atoms with Gasteiger partial charge in [0.15, 0.2) is 5.65 Å². The molecule has 0 atom stereocenters. The van der Waals surface area contributed by atoms with Crippen LogP contribution in [0.15, 0.2) is 18.3 Å². The number of pyridine rings is 1. The predicted molar refractivity (Wildman–Crippen MR) is 67.1 cm³/mol. The van der Waals surface area contributed by atoms with E-state index in [2.05, 4.69) is 10.2 Å². The van der Waals surface area contributed by atoms with E-state index in [0.29, 0.717) is 17.1 Å². The Morgan fingerprint density at radius 2 is 2.21 bits per heavy atom. The number of nitrogens with zero attached hydrogens (tertiary/aromatic N) is 3. The molecule has 19 heavy (non-hydrogen) atoms. The monoisotopic (exact) mass is 261 g/mol. The smallest absolute Gasteiger partial charge is 0.341 e. The maximum Gasteiger partial charge on any atom is 0.341 e. The number of hydrogen-bond acceptors (Lipinski definition) is 5. The van der Waals surface area contributed by atoms with Gasteiger partial charge in [0.05, 0.1) is 7.11 Å². The molecule has 0 unspecified atom stereocenters. The van der Waals surface area contributed by atoms with Crippen molar-refractivity contribution in [2.75, 3.05) is 20.3 Å². The molecule has 0 spiro atoms. The third kappa shape index (κ3) is 2.08. The van der Waals surface area contributed by atoms with Gasteiger partial charge in [-0.2, -0.15) is 0 Å². The molecule has 0 bridgehead atoms. The summed E-state index contributed by atoms with van der Waals surface area (Å²) in [4.78, 5) is 11.7. The van der Waals surface area contributed by atoms with Crippen LogP contribution in [0, 0.1) is 0 Å². The second kappa shape index (κ2) is 4.97. The number of ether oxygens (including phenoxy) is 2. The Kier molecular flexibility index (Phi) is 3.16. The first-order chi connectivity index (χ1) is 9.31. The molecule has 1 aliphatic rings. The summed E-state index contributed by atoms with van der Waals surface area (Å²) in [6, 6.07) is 3.51. The number of esters is 1. The highest BCUT2D eigenvalue weighted by Crippen LogP contribution is 2.26. The molecular weight excluding hydrogens is 246 g/mol. The van der Waals surface area contributed by atoms with Gasteiger partial charge in [-0.1, -0.05) is 0 Å². The third-order valence-corrected chi connectivity index (χ3v) is 3.45. The Morgan fingerprint density at radius 1 is 1.42 bits per heavy atom. The number of hydrogen-bond donors (Lipinski definition) is 0. The van der Waals surface area contributed by atoms with Crippen LogP contribution >= 0.6 is 0 Å². The Hall–Kier alpha value is -1.95. The van der Waals surface area contributed by atoms with Gasteiger partial charge in [0, 0.05) is 25.3 Å². The van der Waals surface area contributed by atoms with E-state index in [1.165, 1.54) is 7.11 Å². The highest BCUT2D eigenvalue weighted by atomic mass is 16.5. The minimum Gasteiger partial charge on any atom is -0.465 e. The van der Waals surface area contributed by atoms with Crippen molar-refractivity contribution in [3.05, 3.63) is 29.7 Å². The van der Waals surface area contributed by atoms with Crippen LogP contribution in [0.1, 0.15) is 34.9 Å². The van der Waals surface area contributed by atoms with Crippen LogP contribution in [0.4, 0.5) is 0 Å². The van der Waals surface area contributed by atoms with Crippen molar-refractivity contribution in [2.45, 2.75) is 18.8 Å². The lowest BCUT2D eigenvalue weighted by atomic mass is 9.99. The van der Waals surface area contributed by atoms with Crippen LogP contribution in [0.3, 0.4) is 0 Å². The maximum absolute atomic E-state index is 11.7. The van der Waals surface area contributed by atoms with Crippen molar-refractivity contribution >= 4 is 11.6 Å². The highest BCUT2D eigenvalue weighted by molar-refractivity contribution is 5.95. The number of methoxy groups -OCH3 is 1. The quantitative estimate of drug-likeness (QED) is 0.765. The second-order valence-electron chi connectivity index (χ2n) is 4.55. The molecule has 6 heteroatoms. The molecule has 6 nitrogen and oxygen atoms in total. The highest BCUT2D eigenvalue weighted by Gasteiger charge is 2.23. The van der Waals surface area contributed by atoms with E-state index >= 15 is 0 Å². The van der Waals surface area contributed by atoms with Crippen molar-refractivity contribution in [2.24, 2.45) is 0 Å². The molecule has 0 saturated carbocycles. The van der Waals surface area contributed by atoms with Gasteiger partial charge in [-0.25, -0.2) is 4.79 Å². The normalized spacial score (nSPS) is 16.7. The molecule has 100 valence electrons. The fraction of sp³-hybridized carbons (Fsp3) is 0.462. The van der Waals surface area contributed by atoms with Gasteiger partial charge in [-0.05, 0) is 25.0 Å². The van der Waals surface area contributed by atoms with Gasteiger partial charge in [-0.3, -0.25) is 4.40 Å². The van der Waals surface area contributed by atoms with Gasteiger partial charge < -0.3 is 9.47 Å². The zero-order valence-electron chi connectivity index (χ0n) is 10.7. The van der Waals surface area contributed by atoms with Gasteiger partial charge in [0.2, 0.25) is 0 Å². The minimum atomic E-state index is -0.392. The van der Waals surface area contributed by atoms with Crippen LogP contribution in [-0.4, -0.2) is 40.9 Å². The van der Waals surface area contributed by atoms with E-state index in [0.717, 1.165) is 31.9 Å². The average Bonchev–Trinajstić information content (AvgIpc) is 2.91. The van der Waals surface area contributed by atoms with Gasteiger partial charge in [0.25, 0.3) is 0 Å². The number of aromatic nitrogens is 3. The Morgan fingerprint density at radius 3 is 2.95 bits per heavy atom. The standard InChI is InChI=1S/C13H15N3O3/c1-18-13(17)10-3-2-6-16-11(14-15-12(10)16)9-4-7-19-8-5-9/h2-3,6,9H,4-5,7-8H2,1H3. The molecule has 3 rings (SSSR count). The average molecular weight is 261 g/mol. The van der Waals surface area contributed by atoms with E-state index in [-0.39, 0.29) is 0 Å². The van der Waals surface area contributed by atoms with Crippen LogP contribution in [0.5, 0.6) is 0 Å². The molecule has 0 amide bonds. The van der Waals surface area contributed by atoms with E-state index in [4.69, 9.17) is 9.47 Å². The molecule has 2 aromatic heterocycles. The van der Waals surface area contributed by atoms with Crippen molar-refractivity contribution in [3.63, 3.8) is 0 Å². The van der Waals surface area contributed by atoms with E-state index < -0.39 is 5.97 Å². The summed E-state index contributed by atoms with van der Waals surface area (Å²) in [5.74, 6) is 0.831. The second-order valence-corrected chi connectivity index (χ2v) is 4.55. The van der Waals surface area contributed by atoms with Crippen LogP contribution in [-0.2, 0) is 9.47 Å². The van der Waals surface area contributed by atoms with Crippen molar-refractivity contribution in [3.8, 4) is 0 Å². The van der Waals surface area contributed by atoms with E-state index in [1.54, 1.807) is 6.07 Å². The first kappa shape index (κ1) is 12.1. The number of carbonyl (C=O) groups is 1. The molecule has 1 saturated heterocycles. The molecular formula is C13H15N3O3. The Labute approximate surface area is 110 Å². The van der Waals surface area contributed by atoms with E-state index in [9.17, 15) is 4.79 Å².